The third-order valence-corrected chi connectivity index (χ3v) is 5.82. The first-order valence-electron chi connectivity index (χ1n) is 11.9. The van der Waals surface area contributed by atoms with Crippen molar-refractivity contribution in [1.82, 2.24) is 9.88 Å². The predicted octanol–water partition coefficient (Wildman–Crippen LogP) is 7.78. The molecule has 156 valence electrons. The summed E-state index contributed by atoms with van der Waals surface area (Å²) in [7, 11) is 0. The van der Waals surface area contributed by atoms with Crippen LogP contribution in [0, 0.1) is 0 Å². The first-order chi connectivity index (χ1) is 13.9. The molecule has 0 spiro atoms. The van der Waals surface area contributed by atoms with Crippen LogP contribution in [0.25, 0.3) is 5.57 Å². The van der Waals surface area contributed by atoms with E-state index in [1.54, 1.807) is 0 Å². The number of hydrogen-bond acceptors (Lipinski definition) is 2. The molecular weight excluding hydrogens is 340 g/mol. The number of pyridine rings is 1. The van der Waals surface area contributed by atoms with Gasteiger partial charge in [0.05, 0.1) is 0 Å². The molecule has 0 aliphatic carbocycles. The minimum absolute atomic E-state index is 1.03. The van der Waals surface area contributed by atoms with Gasteiger partial charge in [-0.05, 0) is 42.0 Å². The molecular formula is C26H42N2. The van der Waals surface area contributed by atoms with Crippen LogP contribution < -0.4 is 0 Å². The summed E-state index contributed by atoms with van der Waals surface area (Å²) in [5, 5.41) is 0. The molecule has 2 nitrogen and oxygen atoms in total. The van der Waals surface area contributed by atoms with Crippen LogP contribution in [0.4, 0.5) is 0 Å². The molecule has 0 aromatic carbocycles. The Morgan fingerprint density at radius 1 is 0.750 bits per heavy atom. The minimum Gasteiger partial charge on any atom is -0.374 e. The average molecular weight is 383 g/mol. The van der Waals surface area contributed by atoms with Gasteiger partial charge in [0.2, 0.25) is 0 Å². The van der Waals surface area contributed by atoms with Gasteiger partial charge in [0.15, 0.2) is 0 Å². The predicted molar refractivity (Wildman–Crippen MR) is 123 cm³/mol. The summed E-state index contributed by atoms with van der Waals surface area (Å²) in [6.45, 7) is 4.52. The zero-order chi connectivity index (χ0) is 19.7. The van der Waals surface area contributed by atoms with Crippen LogP contribution in [0.15, 0.2) is 42.9 Å². The van der Waals surface area contributed by atoms with E-state index in [1.807, 2.05) is 12.4 Å². The largest absolute Gasteiger partial charge is 0.374 e. The molecule has 1 aromatic heterocycles. The van der Waals surface area contributed by atoms with E-state index in [0.29, 0.717) is 0 Å². The Labute approximate surface area is 174 Å². The van der Waals surface area contributed by atoms with Crippen LogP contribution in [0.1, 0.15) is 102 Å². The molecule has 0 amide bonds. The number of hydrogen-bond donors (Lipinski definition) is 0. The Kier molecular flexibility index (Phi) is 12.5. The normalized spacial score (nSPS) is 13.8. The van der Waals surface area contributed by atoms with E-state index >= 15 is 0 Å². The van der Waals surface area contributed by atoms with Gasteiger partial charge in [-0.1, -0.05) is 96.5 Å². The van der Waals surface area contributed by atoms with E-state index in [0.717, 1.165) is 6.54 Å². The molecule has 2 rings (SSSR count). The van der Waals surface area contributed by atoms with Crippen LogP contribution in [-0.2, 0) is 0 Å². The second-order valence-corrected chi connectivity index (χ2v) is 8.30. The number of aromatic nitrogens is 1. The lowest BCUT2D eigenvalue weighted by Crippen LogP contribution is -2.20. The molecule has 28 heavy (non-hydrogen) atoms. The van der Waals surface area contributed by atoms with Gasteiger partial charge in [-0.25, -0.2) is 0 Å². The lowest BCUT2D eigenvalue weighted by atomic mass is 10.0. The maximum Gasteiger partial charge on any atom is 0.0363 e. The summed E-state index contributed by atoms with van der Waals surface area (Å²) < 4.78 is 0. The molecule has 0 fully saturated rings. The van der Waals surface area contributed by atoms with Gasteiger partial charge in [0.25, 0.3) is 0 Å². The van der Waals surface area contributed by atoms with E-state index in [2.05, 4.69) is 47.3 Å². The standard InChI is InChI=1S/C26H42N2/c1-2-3-4-5-6-7-8-9-10-11-12-13-14-15-22-28-23-18-26(19-24-28)25-16-20-27-21-17-25/h16-21,23H,2-15,22,24H2,1H3. The van der Waals surface area contributed by atoms with Gasteiger partial charge in [-0.15, -0.1) is 0 Å². The summed E-state index contributed by atoms with van der Waals surface area (Å²) in [5.41, 5.74) is 2.59. The van der Waals surface area contributed by atoms with Crippen molar-refractivity contribution in [1.29, 1.82) is 0 Å². The van der Waals surface area contributed by atoms with Crippen molar-refractivity contribution < 1.29 is 0 Å². The zero-order valence-electron chi connectivity index (χ0n) is 18.2. The van der Waals surface area contributed by atoms with Crippen LogP contribution in [0.2, 0.25) is 0 Å². The number of allylic oxidation sites excluding steroid dienone is 2. The Balaban J connectivity index is 1.37. The van der Waals surface area contributed by atoms with Gasteiger partial charge < -0.3 is 4.90 Å². The maximum atomic E-state index is 4.10. The van der Waals surface area contributed by atoms with Crippen LogP contribution in [0.5, 0.6) is 0 Å². The lowest BCUT2D eigenvalue weighted by Gasteiger charge is -2.22. The fourth-order valence-electron chi connectivity index (χ4n) is 3.96. The highest BCUT2D eigenvalue weighted by atomic mass is 15.1. The summed E-state index contributed by atoms with van der Waals surface area (Å²) in [5.74, 6) is 0. The number of unbranched alkanes of at least 4 members (excludes halogenated alkanes) is 13. The van der Waals surface area contributed by atoms with E-state index in [4.69, 9.17) is 0 Å². The number of rotatable bonds is 16. The van der Waals surface area contributed by atoms with E-state index in [-0.39, 0.29) is 0 Å². The summed E-state index contributed by atoms with van der Waals surface area (Å²) in [6, 6.07) is 4.17. The van der Waals surface area contributed by atoms with E-state index < -0.39 is 0 Å². The SMILES string of the molecule is CCCCCCCCCCCCCCCCN1C=CC(c2ccncc2)=CC1. The second kappa shape index (κ2) is 15.4. The van der Waals surface area contributed by atoms with Gasteiger partial charge in [-0.3, -0.25) is 4.98 Å². The van der Waals surface area contributed by atoms with Crippen molar-refractivity contribution in [3.05, 3.63) is 48.4 Å². The van der Waals surface area contributed by atoms with Crippen molar-refractivity contribution in [3.63, 3.8) is 0 Å². The van der Waals surface area contributed by atoms with Gasteiger partial charge in [-0.2, -0.15) is 0 Å². The van der Waals surface area contributed by atoms with E-state index in [9.17, 15) is 0 Å². The first-order valence-corrected chi connectivity index (χ1v) is 11.9. The molecule has 1 aliphatic heterocycles. The van der Waals surface area contributed by atoms with Crippen molar-refractivity contribution in [2.45, 2.75) is 96.8 Å². The fraction of sp³-hybridized carbons (Fsp3) is 0.654. The highest BCUT2D eigenvalue weighted by Crippen LogP contribution is 2.19. The third kappa shape index (κ3) is 10.1. The minimum atomic E-state index is 1.03. The molecule has 2 heterocycles. The van der Waals surface area contributed by atoms with Crippen LogP contribution in [0.3, 0.4) is 0 Å². The highest BCUT2D eigenvalue weighted by Gasteiger charge is 2.06. The molecule has 0 N–H and O–H groups in total. The maximum absolute atomic E-state index is 4.10. The van der Waals surface area contributed by atoms with E-state index in [1.165, 1.54) is 108 Å². The molecule has 0 radical (unpaired) electrons. The van der Waals surface area contributed by atoms with Crippen LogP contribution in [-0.4, -0.2) is 23.0 Å². The van der Waals surface area contributed by atoms with Crippen molar-refractivity contribution >= 4 is 5.57 Å². The van der Waals surface area contributed by atoms with Gasteiger partial charge in [0, 0.05) is 25.5 Å². The van der Waals surface area contributed by atoms with Gasteiger partial charge in [0.1, 0.15) is 0 Å². The average Bonchev–Trinajstić information content (AvgIpc) is 2.75. The first kappa shape index (κ1) is 22.7. The third-order valence-electron chi connectivity index (χ3n) is 5.82. The van der Waals surface area contributed by atoms with Crippen molar-refractivity contribution in [2.24, 2.45) is 0 Å². The Hall–Kier alpha value is -1.57. The molecule has 1 aliphatic rings. The summed E-state index contributed by atoms with van der Waals surface area (Å²) >= 11 is 0. The molecule has 1 aromatic rings. The smallest absolute Gasteiger partial charge is 0.0363 e. The Bertz CT molecular complexity index is 547. The Morgan fingerprint density at radius 3 is 1.79 bits per heavy atom. The summed E-state index contributed by atoms with van der Waals surface area (Å²) in [4.78, 5) is 6.53. The fourth-order valence-corrected chi connectivity index (χ4v) is 3.96. The summed E-state index contributed by atoms with van der Waals surface area (Å²) in [6.07, 6.45) is 30.5. The highest BCUT2D eigenvalue weighted by molar-refractivity contribution is 5.74. The topological polar surface area (TPSA) is 16.1 Å². The monoisotopic (exact) mass is 382 g/mol. The molecule has 0 unspecified atom stereocenters. The van der Waals surface area contributed by atoms with Crippen molar-refractivity contribution in [3.8, 4) is 0 Å². The van der Waals surface area contributed by atoms with Crippen molar-refractivity contribution in [2.75, 3.05) is 13.1 Å². The van der Waals surface area contributed by atoms with Crippen LogP contribution >= 0.6 is 0 Å². The molecule has 2 heteroatoms. The van der Waals surface area contributed by atoms with Gasteiger partial charge >= 0.3 is 0 Å². The zero-order valence-corrected chi connectivity index (χ0v) is 18.2. The lowest BCUT2D eigenvalue weighted by molar-refractivity contribution is 0.392. The molecule has 0 atom stereocenters. The molecule has 0 bridgehead atoms. The number of nitrogens with zero attached hydrogens (tertiary/aromatic N) is 2. The quantitative estimate of drug-likeness (QED) is 0.271. The second-order valence-electron chi connectivity index (χ2n) is 8.30. The Morgan fingerprint density at radius 2 is 1.29 bits per heavy atom. The molecule has 0 saturated carbocycles. The molecule has 0 saturated heterocycles.